The Labute approximate surface area is 116 Å². The molecule has 0 heterocycles. The van der Waals surface area contributed by atoms with Gasteiger partial charge in [0.2, 0.25) is 0 Å². The van der Waals surface area contributed by atoms with E-state index >= 15 is 0 Å². The van der Waals surface area contributed by atoms with Crippen LogP contribution in [0.25, 0.3) is 0 Å². The molecule has 2 N–H and O–H groups in total. The Morgan fingerprint density at radius 1 is 1.33 bits per heavy atom. The molecule has 0 spiro atoms. The summed E-state index contributed by atoms with van der Waals surface area (Å²) in [5.74, 6) is 0. The maximum absolute atomic E-state index is 6.30. The summed E-state index contributed by atoms with van der Waals surface area (Å²) in [7, 11) is 2.13. The van der Waals surface area contributed by atoms with Crippen LogP contribution in [0.15, 0.2) is 18.2 Å². The van der Waals surface area contributed by atoms with Gasteiger partial charge in [0, 0.05) is 30.3 Å². The predicted molar refractivity (Wildman–Crippen MR) is 81.6 cm³/mol. The number of nitrogens with zero attached hydrogens (tertiary/aromatic N) is 1. The average molecular weight is 269 g/mol. The molecule has 0 radical (unpaired) electrons. The van der Waals surface area contributed by atoms with E-state index < -0.39 is 0 Å². The van der Waals surface area contributed by atoms with Gasteiger partial charge in [-0.2, -0.15) is 0 Å². The van der Waals surface area contributed by atoms with E-state index in [1.54, 1.807) is 0 Å². The third-order valence-corrected chi connectivity index (χ3v) is 3.48. The Morgan fingerprint density at radius 2 is 2.06 bits per heavy atom. The summed E-state index contributed by atoms with van der Waals surface area (Å²) in [5, 5.41) is 0.826. The highest BCUT2D eigenvalue weighted by Gasteiger charge is 2.12. The van der Waals surface area contributed by atoms with Gasteiger partial charge < -0.3 is 10.6 Å². The van der Waals surface area contributed by atoms with Crippen LogP contribution in [-0.2, 0) is 6.42 Å². The molecule has 0 aliphatic rings. The zero-order valence-corrected chi connectivity index (χ0v) is 12.5. The minimum atomic E-state index is 0.132. The lowest BCUT2D eigenvalue weighted by molar-refractivity contribution is 0.697. The lowest BCUT2D eigenvalue weighted by atomic mass is 10.0. The van der Waals surface area contributed by atoms with E-state index in [9.17, 15) is 0 Å². The highest BCUT2D eigenvalue weighted by molar-refractivity contribution is 6.31. The standard InChI is InChI=1S/C15H25ClN2/c1-4-5-6-10-18(3)15-9-7-8-14(16)13(15)11-12(2)17/h7-9,12H,4-6,10-11,17H2,1-3H3. The molecule has 0 saturated carbocycles. The third kappa shape index (κ3) is 4.51. The van der Waals surface area contributed by atoms with Crippen LogP contribution >= 0.6 is 11.6 Å². The van der Waals surface area contributed by atoms with Gasteiger partial charge in [-0.1, -0.05) is 37.4 Å². The monoisotopic (exact) mass is 268 g/mol. The molecule has 1 rings (SSSR count). The molecule has 0 aromatic heterocycles. The number of anilines is 1. The third-order valence-electron chi connectivity index (χ3n) is 3.13. The SMILES string of the molecule is CCCCCN(C)c1cccc(Cl)c1CC(C)N. The summed E-state index contributed by atoms with van der Waals surface area (Å²) in [6.45, 7) is 5.31. The molecule has 18 heavy (non-hydrogen) atoms. The lowest BCUT2D eigenvalue weighted by Gasteiger charge is -2.24. The van der Waals surface area contributed by atoms with E-state index in [0.29, 0.717) is 0 Å². The van der Waals surface area contributed by atoms with E-state index in [4.69, 9.17) is 17.3 Å². The number of unbranched alkanes of at least 4 members (excludes halogenated alkanes) is 2. The Balaban J connectivity index is 2.82. The molecule has 2 nitrogen and oxygen atoms in total. The molecule has 102 valence electrons. The second kappa shape index (κ2) is 7.65. The smallest absolute Gasteiger partial charge is 0.0459 e. The van der Waals surface area contributed by atoms with Crippen LogP contribution in [-0.4, -0.2) is 19.6 Å². The summed E-state index contributed by atoms with van der Waals surface area (Å²) < 4.78 is 0. The Morgan fingerprint density at radius 3 is 2.67 bits per heavy atom. The fourth-order valence-electron chi connectivity index (χ4n) is 2.15. The molecule has 0 fully saturated rings. The molecule has 1 unspecified atom stereocenters. The Hall–Kier alpha value is -0.730. The van der Waals surface area contributed by atoms with Crippen LogP contribution in [0.3, 0.4) is 0 Å². The zero-order chi connectivity index (χ0) is 13.5. The van der Waals surface area contributed by atoms with Gasteiger partial charge in [0.25, 0.3) is 0 Å². The number of rotatable bonds is 7. The molecule has 3 heteroatoms. The first-order valence-electron chi connectivity index (χ1n) is 6.80. The largest absolute Gasteiger partial charge is 0.374 e. The van der Waals surface area contributed by atoms with Crippen LogP contribution in [0.5, 0.6) is 0 Å². The lowest BCUT2D eigenvalue weighted by Crippen LogP contribution is -2.23. The van der Waals surface area contributed by atoms with Gasteiger partial charge in [-0.05, 0) is 37.5 Å². The van der Waals surface area contributed by atoms with Gasteiger partial charge in [0.15, 0.2) is 0 Å². The van der Waals surface area contributed by atoms with Gasteiger partial charge in [-0.25, -0.2) is 0 Å². The van der Waals surface area contributed by atoms with Crippen LogP contribution < -0.4 is 10.6 Å². The second-order valence-electron chi connectivity index (χ2n) is 5.05. The number of benzene rings is 1. The summed E-state index contributed by atoms with van der Waals surface area (Å²) in [4.78, 5) is 2.29. The van der Waals surface area contributed by atoms with E-state index in [2.05, 4.69) is 24.9 Å². The van der Waals surface area contributed by atoms with Crippen molar-refractivity contribution in [3.05, 3.63) is 28.8 Å². The predicted octanol–water partition coefficient (Wildman–Crippen LogP) is 3.86. The molecular weight excluding hydrogens is 244 g/mol. The van der Waals surface area contributed by atoms with Crippen molar-refractivity contribution in [2.75, 3.05) is 18.5 Å². The van der Waals surface area contributed by atoms with Crippen molar-refractivity contribution in [3.63, 3.8) is 0 Å². The normalized spacial score (nSPS) is 12.5. The van der Waals surface area contributed by atoms with E-state index in [1.807, 2.05) is 19.1 Å². The first kappa shape index (κ1) is 15.3. The second-order valence-corrected chi connectivity index (χ2v) is 5.45. The van der Waals surface area contributed by atoms with Crippen molar-refractivity contribution in [2.45, 2.75) is 45.6 Å². The van der Waals surface area contributed by atoms with Crippen molar-refractivity contribution >= 4 is 17.3 Å². The van der Waals surface area contributed by atoms with Crippen LogP contribution in [0.4, 0.5) is 5.69 Å². The van der Waals surface area contributed by atoms with Crippen molar-refractivity contribution in [2.24, 2.45) is 5.73 Å². The molecule has 0 saturated heterocycles. The van der Waals surface area contributed by atoms with Crippen molar-refractivity contribution in [3.8, 4) is 0 Å². The highest BCUT2D eigenvalue weighted by atomic mass is 35.5. The fraction of sp³-hybridized carbons (Fsp3) is 0.600. The van der Waals surface area contributed by atoms with Gasteiger partial charge in [0.1, 0.15) is 0 Å². The van der Waals surface area contributed by atoms with Gasteiger partial charge >= 0.3 is 0 Å². The number of hydrogen-bond acceptors (Lipinski definition) is 2. The quantitative estimate of drug-likeness (QED) is 0.761. The fourth-order valence-corrected chi connectivity index (χ4v) is 2.40. The molecule has 1 aromatic rings. The molecule has 1 aromatic carbocycles. The number of hydrogen-bond donors (Lipinski definition) is 1. The van der Waals surface area contributed by atoms with Crippen LogP contribution in [0, 0.1) is 0 Å². The van der Waals surface area contributed by atoms with E-state index in [0.717, 1.165) is 18.0 Å². The molecule has 0 bridgehead atoms. The van der Waals surface area contributed by atoms with Crippen molar-refractivity contribution in [1.29, 1.82) is 0 Å². The zero-order valence-electron chi connectivity index (χ0n) is 11.7. The average Bonchev–Trinajstić information content (AvgIpc) is 2.31. The minimum Gasteiger partial charge on any atom is -0.374 e. The van der Waals surface area contributed by atoms with Crippen molar-refractivity contribution < 1.29 is 0 Å². The number of nitrogens with two attached hydrogens (primary N) is 1. The first-order chi connectivity index (χ1) is 8.56. The van der Waals surface area contributed by atoms with Gasteiger partial charge in [0.05, 0.1) is 0 Å². The van der Waals surface area contributed by atoms with E-state index in [1.165, 1.54) is 30.5 Å². The van der Waals surface area contributed by atoms with Crippen LogP contribution in [0.2, 0.25) is 5.02 Å². The van der Waals surface area contributed by atoms with E-state index in [-0.39, 0.29) is 6.04 Å². The topological polar surface area (TPSA) is 29.3 Å². The molecular formula is C15H25ClN2. The summed E-state index contributed by atoms with van der Waals surface area (Å²) in [5.41, 5.74) is 8.30. The Bertz CT molecular complexity index is 364. The molecule has 0 aliphatic heterocycles. The van der Waals surface area contributed by atoms with Crippen molar-refractivity contribution in [1.82, 2.24) is 0 Å². The van der Waals surface area contributed by atoms with Gasteiger partial charge in [-0.3, -0.25) is 0 Å². The van der Waals surface area contributed by atoms with Crippen LogP contribution in [0.1, 0.15) is 38.7 Å². The Kier molecular flexibility index (Phi) is 6.51. The molecule has 1 atom stereocenters. The minimum absolute atomic E-state index is 0.132. The first-order valence-corrected chi connectivity index (χ1v) is 7.18. The summed E-state index contributed by atoms with van der Waals surface area (Å²) in [6.07, 6.45) is 4.56. The number of halogens is 1. The maximum atomic E-state index is 6.30. The summed E-state index contributed by atoms with van der Waals surface area (Å²) in [6, 6.07) is 6.23. The van der Waals surface area contributed by atoms with Gasteiger partial charge in [-0.15, -0.1) is 0 Å². The maximum Gasteiger partial charge on any atom is 0.0459 e. The summed E-state index contributed by atoms with van der Waals surface area (Å²) >= 11 is 6.30. The highest BCUT2D eigenvalue weighted by Crippen LogP contribution is 2.28. The molecule has 0 aliphatic carbocycles. The molecule has 0 amide bonds.